The lowest BCUT2D eigenvalue weighted by molar-refractivity contribution is -0.117. The number of amides is 1. The molecule has 0 radical (unpaired) electrons. The molecule has 1 aromatic rings. The summed E-state index contributed by atoms with van der Waals surface area (Å²) in [5, 5.41) is 11.2. The third kappa shape index (κ3) is 6.77. The van der Waals surface area contributed by atoms with Crippen molar-refractivity contribution in [1.82, 2.24) is 0 Å². The number of nitrogens with one attached hydrogen (secondary N) is 1. The number of anilines is 1. The van der Waals surface area contributed by atoms with Gasteiger partial charge in [-0.1, -0.05) is 19.9 Å². The molecule has 0 spiro atoms. The van der Waals surface area contributed by atoms with Crippen LogP contribution in [0.25, 0.3) is 0 Å². The van der Waals surface area contributed by atoms with Gasteiger partial charge in [0.1, 0.15) is 5.75 Å². The van der Waals surface area contributed by atoms with E-state index in [-0.39, 0.29) is 5.91 Å². The van der Waals surface area contributed by atoms with Crippen LogP contribution in [0.1, 0.15) is 33.1 Å². The smallest absolute Gasteiger partial charge is 0.241 e. The minimum atomic E-state index is -0.509. The van der Waals surface area contributed by atoms with Crippen molar-refractivity contribution in [2.24, 2.45) is 11.7 Å². The van der Waals surface area contributed by atoms with Crippen molar-refractivity contribution < 1.29 is 9.53 Å². The van der Waals surface area contributed by atoms with Gasteiger partial charge in [0.2, 0.25) is 5.91 Å². The molecule has 1 amide bonds. The first kappa shape index (κ1) is 17.0. The van der Waals surface area contributed by atoms with Crippen LogP contribution >= 0.6 is 0 Å². The van der Waals surface area contributed by atoms with Crippen molar-refractivity contribution in [3.8, 4) is 11.8 Å². The first-order valence-corrected chi connectivity index (χ1v) is 7.19. The lowest BCUT2D eigenvalue weighted by atomic mass is 10.0. The Bertz CT molecular complexity index is 495. The summed E-state index contributed by atoms with van der Waals surface area (Å²) in [4.78, 5) is 11.9. The van der Waals surface area contributed by atoms with Gasteiger partial charge in [-0.05, 0) is 30.9 Å². The Morgan fingerprint density at radius 3 is 2.90 bits per heavy atom. The number of rotatable bonds is 8. The Morgan fingerprint density at radius 1 is 1.48 bits per heavy atom. The second kappa shape index (κ2) is 8.98. The molecule has 1 atom stereocenters. The van der Waals surface area contributed by atoms with Crippen molar-refractivity contribution in [3.05, 3.63) is 24.3 Å². The fourth-order valence-corrected chi connectivity index (χ4v) is 1.85. The van der Waals surface area contributed by atoms with E-state index in [9.17, 15) is 4.79 Å². The molecule has 5 heteroatoms. The van der Waals surface area contributed by atoms with Crippen LogP contribution in [0.5, 0.6) is 5.75 Å². The van der Waals surface area contributed by atoms with E-state index in [4.69, 9.17) is 15.7 Å². The van der Waals surface area contributed by atoms with Gasteiger partial charge in [-0.3, -0.25) is 4.79 Å². The minimum absolute atomic E-state index is 0.190. The summed E-state index contributed by atoms with van der Waals surface area (Å²) in [6.07, 6.45) is 1.81. The number of unbranched alkanes of at least 4 members (excludes halogenated alkanes) is 1. The van der Waals surface area contributed by atoms with Crippen LogP contribution in [0.3, 0.4) is 0 Å². The molecule has 0 aliphatic rings. The molecule has 0 bridgehead atoms. The number of benzene rings is 1. The summed E-state index contributed by atoms with van der Waals surface area (Å²) in [6.45, 7) is 4.55. The molecule has 0 saturated carbocycles. The third-order valence-electron chi connectivity index (χ3n) is 2.87. The second-order valence-corrected chi connectivity index (χ2v) is 5.36. The predicted molar refractivity (Wildman–Crippen MR) is 82.8 cm³/mol. The Kier molecular flexibility index (Phi) is 7.27. The quantitative estimate of drug-likeness (QED) is 0.720. The van der Waals surface area contributed by atoms with E-state index in [1.54, 1.807) is 12.1 Å². The Hall–Kier alpha value is -2.06. The highest BCUT2D eigenvalue weighted by molar-refractivity contribution is 5.94. The first-order valence-electron chi connectivity index (χ1n) is 7.19. The zero-order valence-corrected chi connectivity index (χ0v) is 12.6. The van der Waals surface area contributed by atoms with Gasteiger partial charge >= 0.3 is 0 Å². The van der Waals surface area contributed by atoms with Gasteiger partial charge in [0.15, 0.2) is 0 Å². The first-order chi connectivity index (χ1) is 10.0. The van der Waals surface area contributed by atoms with E-state index in [2.05, 4.69) is 11.4 Å². The van der Waals surface area contributed by atoms with Gasteiger partial charge in [0, 0.05) is 18.2 Å². The lowest BCUT2D eigenvalue weighted by Gasteiger charge is -2.14. The zero-order valence-electron chi connectivity index (χ0n) is 12.6. The van der Waals surface area contributed by atoms with Gasteiger partial charge < -0.3 is 15.8 Å². The molecule has 0 aromatic heterocycles. The highest BCUT2D eigenvalue weighted by Gasteiger charge is 2.15. The molecule has 0 saturated heterocycles. The fourth-order valence-electron chi connectivity index (χ4n) is 1.85. The Labute approximate surface area is 126 Å². The predicted octanol–water partition coefficient (Wildman–Crippen LogP) is 2.68. The van der Waals surface area contributed by atoms with E-state index < -0.39 is 6.04 Å². The van der Waals surface area contributed by atoms with Crippen LogP contribution in [0.4, 0.5) is 5.69 Å². The van der Waals surface area contributed by atoms with Gasteiger partial charge in [-0.15, -0.1) is 0 Å². The van der Waals surface area contributed by atoms with Gasteiger partial charge in [-0.25, -0.2) is 0 Å². The van der Waals surface area contributed by atoms with Crippen LogP contribution in [0.2, 0.25) is 0 Å². The molecule has 5 nitrogen and oxygen atoms in total. The average molecular weight is 289 g/mol. The number of nitrogens with two attached hydrogens (primary N) is 1. The van der Waals surface area contributed by atoms with Crippen molar-refractivity contribution in [3.63, 3.8) is 0 Å². The monoisotopic (exact) mass is 289 g/mol. The van der Waals surface area contributed by atoms with Crippen molar-refractivity contribution in [2.75, 3.05) is 11.9 Å². The highest BCUT2D eigenvalue weighted by atomic mass is 16.5. The number of carbonyl (C=O) groups is 1. The average Bonchev–Trinajstić information content (AvgIpc) is 2.43. The van der Waals surface area contributed by atoms with Gasteiger partial charge in [0.25, 0.3) is 0 Å². The van der Waals surface area contributed by atoms with E-state index in [1.807, 2.05) is 26.0 Å². The summed E-state index contributed by atoms with van der Waals surface area (Å²) in [6, 6.07) is 8.73. The van der Waals surface area contributed by atoms with Crippen molar-refractivity contribution in [2.45, 2.75) is 39.2 Å². The van der Waals surface area contributed by atoms with Crippen LogP contribution in [-0.2, 0) is 4.79 Å². The molecule has 0 unspecified atom stereocenters. The standard InChI is InChI=1S/C16H23N3O2/c1-12(2)10-15(18)16(20)19-13-6-5-7-14(11-13)21-9-4-3-8-17/h5-7,11-12,15H,3-4,9-10,18H2,1-2H3,(H,19,20)/t15-/m0/s1. The third-order valence-corrected chi connectivity index (χ3v) is 2.87. The van der Waals surface area contributed by atoms with Crippen LogP contribution in [-0.4, -0.2) is 18.6 Å². The number of hydrogen-bond acceptors (Lipinski definition) is 4. The SMILES string of the molecule is CC(C)C[C@H](N)C(=O)Nc1cccc(OCCCC#N)c1. The molecule has 1 rings (SSSR count). The van der Waals surface area contributed by atoms with E-state index in [0.29, 0.717) is 43.2 Å². The second-order valence-electron chi connectivity index (χ2n) is 5.36. The maximum atomic E-state index is 11.9. The molecule has 0 fully saturated rings. The highest BCUT2D eigenvalue weighted by Crippen LogP contribution is 2.18. The normalized spacial score (nSPS) is 11.8. The largest absolute Gasteiger partial charge is 0.493 e. The minimum Gasteiger partial charge on any atom is -0.493 e. The summed E-state index contributed by atoms with van der Waals surface area (Å²) in [5.74, 6) is 0.856. The van der Waals surface area contributed by atoms with Gasteiger partial charge in [-0.2, -0.15) is 5.26 Å². The molecule has 1 aromatic carbocycles. The van der Waals surface area contributed by atoms with Crippen LogP contribution in [0.15, 0.2) is 24.3 Å². The molecular formula is C16H23N3O2. The fraction of sp³-hybridized carbons (Fsp3) is 0.500. The van der Waals surface area contributed by atoms with E-state index in [0.717, 1.165) is 0 Å². The Balaban J connectivity index is 2.52. The van der Waals surface area contributed by atoms with Crippen molar-refractivity contribution in [1.29, 1.82) is 5.26 Å². The maximum Gasteiger partial charge on any atom is 0.241 e. The summed E-state index contributed by atoms with van der Waals surface area (Å²) in [7, 11) is 0. The topological polar surface area (TPSA) is 88.1 Å². The molecule has 3 N–H and O–H groups in total. The lowest BCUT2D eigenvalue weighted by Crippen LogP contribution is -2.36. The molecular weight excluding hydrogens is 266 g/mol. The number of ether oxygens (including phenoxy) is 1. The molecule has 21 heavy (non-hydrogen) atoms. The van der Waals surface area contributed by atoms with E-state index >= 15 is 0 Å². The zero-order chi connectivity index (χ0) is 15.7. The molecule has 0 aliphatic carbocycles. The van der Waals surface area contributed by atoms with E-state index in [1.165, 1.54) is 0 Å². The molecule has 114 valence electrons. The van der Waals surface area contributed by atoms with Gasteiger partial charge in [0.05, 0.1) is 18.7 Å². The number of nitrogens with zero attached hydrogens (tertiary/aromatic N) is 1. The molecule has 0 aliphatic heterocycles. The number of hydrogen-bond donors (Lipinski definition) is 2. The Morgan fingerprint density at radius 2 is 2.24 bits per heavy atom. The maximum absolute atomic E-state index is 11.9. The van der Waals surface area contributed by atoms with Crippen molar-refractivity contribution >= 4 is 11.6 Å². The van der Waals surface area contributed by atoms with Crippen LogP contribution < -0.4 is 15.8 Å². The summed E-state index contributed by atoms with van der Waals surface area (Å²) >= 11 is 0. The number of nitriles is 1. The summed E-state index contributed by atoms with van der Waals surface area (Å²) in [5.41, 5.74) is 6.51. The summed E-state index contributed by atoms with van der Waals surface area (Å²) < 4.78 is 5.52. The van der Waals surface area contributed by atoms with Crippen LogP contribution in [0, 0.1) is 17.2 Å². The number of carbonyl (C=O) groups excluding carboxylic acids is 1. The molecule has 0 heterocycles.